The van der Waals surface area contributed by atoms with E-state index >= 15 is 0 Å². The maximum atomic E-state index is 12.8. The van der Waals surface area contributed by atoms with E-state index in [1.807, 2.05) is 19.9 Å². The fourth-order valence-corrected chi connectivity index (χ4v) is 3.07. The SMILES string of the molecule is COC(=O)C1=NN(N=O)[C@@H]2C(=O)N(c3cc(C)cc(C)c3)C(=O)[C@H]12. The minimum atomic E-state index is -1.26. The molecule has 3 rings (SSSR count). The number of nitrogens with zero attached hydrogens (tertiary/aromatic N) is 4. The van der Waals surface area contributed by atoms with Gasteiger partial charge in [0, 0.05) is 0 Å². The number of hydrazone groups is 1. The minimum absolute atomic E-state index is 0.299. The summed E-state index contributed by atoms with van der Waals surface area (Å²) in [5.74, 6) is -3.37. The zero-order chi connectivity index (χ0) is 17.6. The highest BCUT2D eigenvalue weighted by atomic mass is 16.5. The van der Waals surface area contributed by atoms with Gasteiger partial charge in [-0.3, -0.25) is 9.59 Å². The number of carbonyl (C=O) groups excluding carboxylic acids is 3. The molecule has 1 aromatic rings. The summed E-state index contributed by atoms with van der Waals surface area (Å²) in [5, 5.41) is 6.84. The zero-order valence-electron chi connectivity index (χ0n) is 13.2. The molecule has 0 aliphatic carbocycles. The predicted molar refractivity (Wildman–Crippen MR) is 82.8 cm³/mol. The molecule has 1 saturated heterocycles. The first kappa shape index (κ1) is 15.8. The van der Waals surface area contributed by atoms with Gasteiger partial charge in [0.1, 0.15) is 5.92 Å². The molecule has 0 spiro atoms. The highest BCUT2D eigenvalue weighted by Crippen LogP contribution is 2.36. The van der Waals surface area contributed by atoms with Crippen LogP contribution in [0.5, 0.6) is 0 Å². The molecular formula is C15H14N4O5. The monoisotopic (exact) mass is 330 g/mol. The smallest absolute Gasteiger partial charge is 0.355 e. The van der Waals surface area contributed by atoms with Crippen molar-refractivity contribution in [3.05, 3.63) is 34.2 Å². The lowest BCUT2D eigenvalue weighted by atomic mass is 9.98. The maximum Gasteiger partial charge on any atom is 0.355 e. The van der Waals surface area contributed by atoms with Crippen LogP contribution in [0.2, 0.25) is 0 Å². The molecule has 2 amide bonds. The molecular weight excluding hydrogens is 316 g/mol. The summed E-state index contributed by atoms with van der Waals surface area (Å²) in [6.45, 7) is 3.67. The average molecular weight is 330 g/mol. The van der Waals surface area contributed by atoms with Crippen molar-refractivity contribution in [3.8, 4) is 0 Å². The number of imide groups is 1. The van der Waals surface area contributed by atoms with Crippen LogP contribution < -0.4 is 4.90 Å². The zero-order valence-corrected chi connectivity index (χ0v) is 13.2. The van der Waals surface area contributed by atoms with Crippen molar-refractivity contribution in [1.82, 2.24) is 5.12 Å². The second-order valence-electron chi connectivity index (χ2n) is 5.66. The molecule has 1 aromatic carbocycles. The topological polar surface area (TPSA) is 109 Å². The van der Waals surface area contributed by atoms with Crippen molar-refractivity contribution in [2.24, 2.45) is 16.3 Å². The van der Waals surface area contributed by atoms with Crippen LogP contribution in [0.4, 0.5) is 5.69 Å². The molecule has 0 radical (unpaired) electrons. The Hall–Kier alpha value is -3.10. The van der Waals surface area contributed by atoms with E-state index in [4.69, 9.17) is 0 Å². The normalized spacial score (nSPS) is 22.5. The Morgan fingerprint density at radius 3 is 2.33 bits per heavy atom. The number of fused-ring (bicyclic) bond motifs is 1. The fourth-order valence-electron chi connectivity index (χ4n) is 3.07. The Kier molecular flexibility index (Phi) is 3.63. The number of hydrogen-bond acceptors (Lipinski definition) is 7. The number of carbonyl (C=O) groups is 3. The lowest BCUT2D eigenvalue weighted by Gasteiger charge is -2.17. The van der Waals surface area contributed by atoms with Gasteiger partial charge in [-0.1, -0.05) is 6.07 Å². The van der Waals surface area contributed by atoms with Crippen molar-refractivity contribution in [2.75, 3.05) is 12.0 Å². The molecule has 2 aliphatic heterocycles. The van der Waals surface area contributed by atoms with Crippen molar-refractivity contribution in [2.45, 2.75) is 19.9 Å². The third-order valence-electron chi connectivity index (χ3n) is 3.97. The lowest BCUT2D eigenvalue weighted by Crippen LogP contribution is -2.36. The molecule has 0 N–H and O–H groups in total. The second kappa shape index (κ2) is 5.52. The Bertz CT molecular complexity index is 783. The maximum absolute atomic E-state index is 12.8. The van der Waals surface area contributed by atoms with Crippen LogP contribution in [0.15, 0.2) is 28.6 Å². The summed E-state index contributed by atoms with van der Waals surface area (Å²) >= 11 is 0. The Labute approximate surface area is 136 Å². The summed E-state index contributed by atoms with van der Waals surface area (Å²) in [5.41, 5.74) is 1.82. The van der Waals surface area contributed by atoms with Crippen molar-refractivity contribution in [3.63, 3.8) is 0 Å². The van der Waals surface area contributed by atoms with E-state index in [2.05, 4.69) is 15.1 Å². The molecule has 2 atom stereocenters. The van der Waals surface area contributed by atoms with E-state index in [-0.39, 0.29) is 5.71 Å². The number of benzene rings is 1. The van der Waals surface area contributed by atoms with Crippen LogP contribution in [0.3, 0.4) is 0 Å². The van der Waals surface area contributed by atoms with Gasteiger partial charge in [-0.05, 0) is 37.1 Å². The van der Waals surface area contributed by atoms with Crippen LogP contribution in [0.1, 0.15) is 11.1 Å². The molecule has 0 unspecified atom stereocenters. The van der Waals surface area contributed by atoms with E-state index in [9.17, 15) is 19.3 Å². The molecule has 124 valence electrons. The summed E-state index contributed by atoms with van der Waals surface area (Å²) in [7, 11) is 1.12. The average Bonchev–Trinajstić information content (AvgIpc) is 3.03. The van der Waals surface area contributed by atoms with E-state index in [1.54, 1.807) is 12.1 Å². The first-order chi connectivity index (χ1) is 11.4. The van der Waals surface area contributed by atoms with Gasteiger partial charge in [-0.15, -0.1) is 15.1 Å². The van der Waals surface area contributed by atoms with Crippen LogP contribution in [-0.4, -0.2) is 41.8 Å². The summed E-state index contributed by atoms with van der Waals surface area (Å²) in [6.07, 6.45) is 0. The number of amides is 2. The number of rotatable bonds is 3. The number of methoxy groups -OCH3 is 1. The first-order valence-electron chi connectivity index (χ1n) is 7.14. The van der Waals surface area contributed by atoms with Crippen LogP contribution in [-0.2, 0) is 19.1 Å². The number of aryl methyl sites for hydroxylation is 2. The highest BCUT2D eigenvalue weighted by Gasteiger charge is 2.59. The summed E-state index contributed by atoms with van der Waals surface area (Å²) in [4.78, 5) is 49.2. The predicted octanol–water partition coefficient (Wildman–Crippen LogP) is 0.687. The van der Waals surface area contributed by atoms with Gasteiger partial charge < -0.3 is 4.74 Å². The lowest BCUT2D eigenvalue weighted by molar-refractivity contribution is -0.133. The highest BCUT2D eigenvalue weighted by molar-refractivity contribution is 6.46. The van der Waals surface area contributed by atoms with Crippen LogP contribution in [0, 0.1) is 24.7 Å². The Morgan fingerprint density at radius 1 is 1.17 bits per heavy atom. The number of nitroso groups, excluding NO2 is 1. The van der Waals surface area contributed by atoms with E-state index in [0.29, 0.717) is 10.8 Å². The molecule has 0 aromatic heterocycles. The first-order valence-corrected chi connectivity index (χ1v) is 7.14. The van der Waals surface area contributed by atoms with E-state index < -0.39 is 29.7 Å². The molecule has 0 bridgehead atoms. The number of anilines is 1. The summed E-state index contributed by atoms with van der Waals surface area (Å²) in [6, 6.07) is 4.00. The standard InChI is InChI=1S/C15H14N4O5/c1-7-4-8(2)6-9(5-7)18-13(20)10-11(15(22)24-3)16-19(17-23)12(10)14(18)21/h4-6,10,12H,1-3H3/t10-,12+/m1/s1. The summed E-state index contributed by atoms with van der Waals surface area (Å²) < 4.78 is 4.58. The largest absolute Gasteiger partial charge is 0.464 e. The Balaban J connectivity index is 2.07. The van der Waals surface area contributed by atoms with Crippen LogP contribution >= 0.6 is 0 Å². The minimum Gasteiger partial charge on any atom is -0.464 e. The number of ether oxygens (including phenoxy) is 1. The van der Waals surface area contributed by atoms with Crippen molar-refractivity contribution < 1.29 is 19.1 Å². The molecule has 9 nitrogen and oxygen atoms in total. The second-order valence-corrected chi connectivity index (χ2v) is 5.66. The van der Waals surface area contributed by atoms with Gasteiger partial charge in [0.15, 0.2) is 11.8 Å². The third kappa shape index (κ3) is 2.16. The fraction of sp³-hybridized carbons (Fsp3) is 0.333. The molecule has 24 heavy (non-hydrogen) atoms. The Morgan fingerprint density at radius 2 is 1.79 bits per heavy atom. The van der Waals surface area contributed by atoms with Gasteiger partial charge in [0.25, 0.3) is 5.91 Å². The van der Waals surface area contributed by atoms with Gasteiger partial charge >= 0.3 is 5.97 Å². The molecule has 2 heterocycles. The van der Waals surface area contributed by atoms with Gasteiger partial charge in [-0.25, -0.2) is 9.69 Å². The van der Waals surface area contributed by atoms with Gasteiger partial charge in [0.05, 0.1) is 18.1 Å². The van der Waals surface area contributed by atoms with Gasteiger partial charge in [-0.2, -0.15) is 0 Å². The third-order valence-corrected chi connectivity index (χ3v) is 3.97. The molecule has 0 saturated carbocycles. The van der Waals surface area contributed by atoms with Gasteiger partial charge in [0.2, 0.25) is 5.91 Å². The van der Waals surface area contributed by atoms with Crippen molar-refractivity contribution in [1.29, 1.82) is 0 Å². The van der Waals surface area contributed by atoms with Crippen molar-refractivity contribution >= 4 is 29.2 Å². The molecule has 1 fully saturated rings. The number of hydrogen-bond donors (Lipinski definition) is 0. The molecule has 2 aliphatic rings. The van der Waals surface area contributed by atoms with Crippen LogP contribution in [0.25, 0.3) is 0 Å². The number of esters is 1. The molecule has 9 heteroatoms. The van der Waals surface area contributed by atoms with E-state index in [0.717, 1.165) is 23.1 Å². The van der Waals surface area contributed by atoms with E-state index in [1.165, 1.54) is 0 Å². The quantitative estimate of drug-likeness (QED) is 0.458.